The summed E-state index contributed by atoms with van der Waals surface area (Å²) in [5.41, 5.74) is -0.310. The monoisotopic (exact) mass is 398 g/mol. The third-order valence-electron chi connectivity index (χ3n) is 3.42. The Hall–Kier alpha value is -2.59. The number of oxazole rings is 1. The van der Waals surface area contributed by atoms with Crippen LogP contribution in [0.25, 0.3) is 10.8 Å². The van der Waals surface area contributed by atoms with Crippen molar-refractivity contribution in [1.82, 2.24) is 4.98 Å². The molecule has 136 valence electrons. The number of benzene rings is 1. The van der Waals surface area contributed by atoms with E-state index in [9.17, 15) is 22.0 Å². The number of nitrogens with zero attached hydrogens (tertiary/aromatic N) is 1. The molecule has 2 heterocycles. The first kappa shape index (κ1) is 18.2. The minimum atomic E-state index is -4.87. The summed E-state index contributed by atoms with van der Waals surface area (Å²) >= 11 is 1.37. The fraction of sp³-hybridized carbons (Fsp3) is 0.125. The van der Waals surface area contributed by atoms with Gasteiger partial charge in [-0.15, -0.1) is 11.3 Å². The number of nitrogens with one attached hydrogen (secondary N) is 1. The zero-order valence-electron chi connectivity index (χ0n) is 13.3. The van der Waals surface area contributed by atoms with E-state index >= 15 is 0 Å². The summed E-state index contributed by atoms with van der Waals surface area (Å²) in [6.07, 6.45) is 0. The van der Waals surface area contributed by atoms with Crippen molar-refractivity contribution in [1.29, 1.82) is 0 Å². The van der Waals surface area contributed by atoms with Gasteiger partial charge in [-0.2, -0.15) is 8.78 Å². The van der Waals surface area contributed by atoms with Gasteiger partial charge >= 0.3 is 5.76 Å². The van der Waals surface area contributed by atoms with Crippen LogP contribution in [0.1, 0.15) is 16.2 Å². The lowest BCUT2D eigenvalue weighted by Gasteiger charge is -2.10. The maximum atomic E-state index is 12.8. The summed E-state index contributed by atoms with van der Waals surface area (Å²) in [6.45, 7) is 1.53. The van der Waals surface area contributed by atoms with E-state index in [0.717, 1.165) is 6.07 Å². The number of halogens is 2. The number of hydrogen-bond donors (Lipinski definition) is 1. The first-order chi connectivity index (χ1) is 12.3. The van der Waals surface area contributed by atoms with Crippen LogP contribution < -0.4 is 5.32 Å². The van der Waals surface area contributed by atoms with Crippen molar-refractivity contribution in [3.05, 3.63) is 53.2 Å². The van der Waals surface area contributed by atoms with Crippen molar-refractivity contribution in [3.8, 4) is 10.8 Å². The van der Waals surface area contributed by atoms with Gasteiger partial charge in [0.15, 0.2) is 5.69 Å². The lowest BCUT2D eigenvalue weighted by atomic mass is 10.3. The van der Waals surface area contributed by atoms with Crippen molar-refractivity contribution < 1.29 is 26.4 Å². The number of aryl methyl sites for hydroxylation is 1. The van der Waals surface area contributed by atoms with Gasteiger partial charge in [-0.3, -0.25) is 4.79 Å². The first-order valence-corrected chi connectivity index (χ1v) is 9.67. The molecule has 0 radical (unpaired) electrons. The number of carbonyl (C=O) groups excluding carboxylic acids is 1. The second-order valence-corrected chi connectivity index (χ2v) is 7.99. The minimum Gasteiger partial charge on any atom is -0.440 e. The van der Waals surface area contributed by atoms with E-state index in [4.69, 9.17) is 4.42 Å². The summed E-state index contributed by atoms with van der Waals surface area (Å²) in [7, 11) is -4.87. The number of thiophene rings is 1. The zero-order chi connectivity index (χ0) is 18.9. The van der Waals surface area contributed by atoms with Crippen LogP contribution in [0.3, 0.4) is 0 Å². The van der Waals surface area contributed by atoms with Crippen LogP contribution in [0.4, 0.5) is 14.5 Å². The fourth-order valence-electron chi connectivity index (χ4n) is 2.21. The zero-order valence-corrected chi connectivity index (χ0v) is 14.9. The number of sulfone groups is 1. The molecule has 0 fully saturated rings. The smallest absolute Gasteiger partial charge is 0.341 e. The highest BCUT2D eigenvalue weighted by molar-refractivity contribution is 7.91. The molecule has 26 heavy (non-hydrogen) atoms. The molecule has 3 aromatic rings. The minimum absolute atomic E-state index is 0.0577. The van der Waals surface area contributed by atoms with Crippen LogP contribution in [0.5, 0.6) is 0 Å². The molecule has 6 nitrogen and oxygen atoms in total. The molecule has 0 saturated carbocycles. The number of carbonyl (C=O) groups is 1. The second kappa shape index (κ2) is 6.96. The van der Waals surface area contributed by atoms with Crippen molar-refractivity contribution >= 4 is 32.8 Å². The fourth-order valence-corrected chi connectivity index (χ4v) is 3.74. The van der Waals surface area contributed by atoms with Crippen LogP contribution in [-0.2, 0) is 9.84 Å². The number of para-hydroxylation sites is 1. The summed E-state index contributed by atoms with van der Waals surface area (Å²) in [4.78, 5) is 16.6. The quantitative estimate of drug-likeness (QED) is 0.703. The predicted octanol–water partition coefficient (Wildman–Crippen LogP) is 3.96. The summed E-state index contributed by atoms with van der Waals surface area (Å²) < 4.78 is 54.7. The van der Waals surface area contributed by atoms with Gasteiger partial charge in [0.2, 0.25) is 15.7 Å². The van der Waals surface area contributed by atoms with Crippen LogP contribution in [0, 0.1) is 6.92 Å². The highest BCUT2D eigenvalue weighted by atomic mass is 32.2. The van der Waals surface area contributed by atoms with Crippen molar-refractivity contribution in [2.45, 2.75) is 17.6 Å². The molecule has 0 saturated heterocycles. The van der Waals surface area contributed by atoms with E-state index in [1.165, 1.54) is 36.5 Å². The van der Waals surface area contributed by atoms with E-state index in [1.54, 1.807) is 12.1 Å². The van der Waals surface area contributed by atoms with Crippen LogP contribution >= 0.6 is 11.3 Å². The maximum absolute atomic E-state index is 12.8. The van der Waals surface area contributed by atoms with Gasteiger partial charge in [0.1, 0.15) is 5.76 Å². The van der Waals surface area contributed by atoms with E-state index in [1.807, 2.05) is 5.38 Å². The molecule has 0 spiro atoms. The Morgan fingerprint density at radius 1 is 1.23 bits per heavy atom. The van der Waals surface area contributed by atoms with Crippen molar-refractivity contribution in [2.75, 3.05) is 5.32 Å². The Kier molecular flexibility index (Phi) is 4.88. The highest BCUT2D eigenvalue weighted by Gasteiger charge is 2.30. The van der Waals surface area contributed by atoms with Crippen LogP contribution in [-0.4, -0.2) is 25.1 Å². The number of hydrogen-bond acceptors (Lipinski definition) is 6. The molecule has 1 amide bonds. The van der Waals surface area contributed by atoms with Gasteiger partial charge in [-0.05, 0) is 30.5 Å². The average molecular weight is 398 g/mol. The third-order valence-corrected chi connectivity index (χ3v) is 5.72. The molecule has 10 heteroatoms. The van der Waals surface area contributed by atoms with Gasteiger partial charge in [0, 0.05) is 0 Å². The molecule has 1 aromatic carbocycles. The third kappa shape index (κ3) is 3.37. The molecule has 0 aliphatic rings. The Morgan fingerprint density at radius 2 is 1.96 bits per heavy atom. The average Bonchev–Trinajstić information content (AvgIpc) is 3.24. The molecular formula is C16H12F2N2O4S2. The summed E-state index contributed by atoms with van der Waals surface area (Å²) in [5.74, 6) is -3.89. The topological polar surface area (TPSA) is 89.3 Å². The molecule has 0 atom stereocenters. The molecule has 0 unspecified atom stereocenters. The molecule has 2 aromatic heterocycles. The van der Waals surface area contributed by atoms with Gasteiger partial charge < -0.3 is 9.73 Å². The maximum Gasteiger partial charge on any atom is 0.341 e. The second-order valence-electron chi connectivity index (χ2n) is 5.16. The van der Waals surface area contributed by atoms with Gasteiger partial charge in [-0.1, -0.05) is 18.2 Å². The molecule has 1 N–H and O–H groups in total. The van der Waals surface area contributed by atoms with E-state index in [2.05, 4.69) is 10.3 Å². The standard InChI is InChI=1S/C16H12F2N2O4S2/c1-9-13(20-15(24-9)11-6-4-8-25-11)14(21)19-10-5-2-3-7-12(10)26(22,23)16(17)18/h2-8,16H,1H3,(H,19,21). The number of alkyl halides is 2. The SMILES string of the molecule is Cc1oc(-c2cccs2)nc1C(=O)Nc1ccccc1S(=O)(=O)C(F)F. The lowest BCUT2D eigenvalue weighted by molar-refractivity contribution is 0.102. The van der Waals surface area contributed by atoms with E-state index in [0.29, 0.717) is 4.88 Å². The van der Waals surface area contributed by atoms with Crippen LogP contribution in [0.2, 0.25) is 0 Å². The predicted molar refractivity (Wildman–Crippen MR) is 92.1 cm³/mol. The largest absolute Gasteiger partial charge is 0.440 e. The Morgan fingerprint density at radius 3 is 2.62 bits per heavy atom. The van der Waals surface area contributed by atoms with Gasteiger partial charge in [0.25, 0.3) is 5.91 Å². The Labute approximate surface area is 151 Å². The molecule has 0 bridgehead atoms. The molecular weight excluding hydrogens is 386 g/mol. The normalized spacial score (nSPS) is 11.7. The van der Waals surface area contributed by atoms with E-state index in [-0.39, 0.29) is 23.0 Å². The van der Waals surface area contributed by atoms with E-state index < -0.39 is 26.4 Å². The lowest BCUT2D eigenvalue weighted by Crippen LogP contribution is -2.18. The van der Waals surface area contributed by atoms with Crippen LogP contribution in [0.15, 0.2) is 51.1 Å². The molecule has 0 aliphatic heterocycles. The molecule has 0 aliphatic carbocycles. The summed E-state index contributed by atoms with van der Waals surface area (Å²) in [5, 5.41) is 4.14. The Bertz CT molecular complexity index is 1040. The number of amides is 1. The highest BCUT2D eigenvalue weighted by Crippen LogP contribution is 2.28. The summed E-state index contributed by atoms with van der Waals surface area (Å²) in [6, 6.07) is 8.51. The Balaban J connectivity index is 1.93. The number of aromatic nitrogens is 1. The van der Waals surface area contributed by atoms with Gasteiger partial charge in [-0.25, -0.2) is 13.4 Å². The number of rotatable bonds is 5. The van der Waals surface area contributed by atoms with Crippen molar-refractivity contribution in [2.24, 2.45) is 0 Å². The van der Waals surface area contributed by atoms with Gasteiger partial charge in [0.05, 0.1) is 15.5 Å². The van der Waals surface area contributed by atoms with Crippen molar-refractivity contribution in [3.63, 3.8) is 0 Å². The first-order valence-electron chi connectivity index (χ1n) is 7.24. The number of anilines is 1. The molecule has 3 rings (SSSR count).